The molecule has 102 valence electrons. The summed E-state index contributed by atoms with van der Waals surface area (Å²) in [6, 6.07) is -2.36. The Morgan fingerprint density at radius 3 is 2.33 bits per heavy atom. The summed E-state index contributed by atoms with van der Waals surface area (Å²) in [7, 11) is 1.05. The molecule has 0 unspecified atom stereocenters. The summed E-state index contributed by atoms with van der Waals surface area (Å²) in [4.78, 5) is 44.2. The average molecular weight is 260 g/mol. The van der Waals surface area contributed by atoms with E-state index >= 15 is 0 Å². The maximum atomic E-state index is 11.4. The minimum atomic E-state index is -1.45. The number of carbonyl (C=O) groups is 4. The minimum absolute atomic E-state index is 0.354. The van der Waals surface area contributed by atoms with Crippen molar-refractivity contribution in [1.82, 2.24) is 5.32 Å². The predicted molar refractivity (Wildman–Crippen MR) is 59.4 cm³/mol. The summed E-state index contributed by atoms with van der Waals surface area (Å²) in [5.41, 5.74) is 5.29. The second-order valence-corrected chi connectivity index (χ2v) is 3.65. The number of amides is 1. The first-order chi connectivity index (χ1) is 8.34. The van der Waals surface area contributed by atoms with E-state index in [1.54, 1.807) is 0 Å². The first kappa shape index (κ1) is 16.0. The highest BCUT2D eigenvalue weighted by Crippen LogP contribution is 2.10. The summed E-state index contributed by atoms with van der Waals surface area (Å²) in [6.07, 6.45) is -0.0684. The van der Waals surface area contributed by atoms with E-state index in [2.05, 4.69) is 10.1 Å². The van der Waals surface area contributed by atoms with Crippen LogP contribution in [0.15, 0.2) is 0 Å². The van der Waals surface area contributed by atoms with Gasteiger partial charge in [0.25, 0.3) is 0 Å². The van der Waals surface area contributed by atoms with Gasteiger partial charge in [0, 0.05) is 6.42 Å². The molecular formula is C10H16N2O6. The van der Waals surface area contributed by atoms with Gasteiger partial charge in [-0.05, 0) is 6.92 Å². The van der Waals surface area contributed by atoms with Crippen molar-refractivity contribution in [3.63, 3.8) is 0 Å². The monoisotopic (exact) mass is 260 g/mol. The highest BCUT2D eigenvalue weighted by atomic mass is 16.5. The van der Waals surface area contributed by atoms with Crippen molar-refractivity contribution in [3.05, 3.63) is 0 Å². The van der Waals surface area contributed by atoms with Gasteiger partial charge in [0.1, 0.15) is 12.3 Å². The first-order valence-electron chi connectivity index (χ1n) is 5.15. The smallest absolute Gasteiger partial charge is 0.329 e. The Morgan fingerprint density at radius 2 is 2.00 bits per heavy atom. The van der Waals surface area contributed by atoms with Crippen molar-refractivity contribution in [2.24, 2.45) is 11.7 Å². The highest BCUT2D eigenvalue weighted by Gasteiger charge is 2.36. The Bertz CT molecular complexity index is 341. The van der Waals surface area contributed by atoms with E-state index < -0.39 is 42.3 Å². The third-order valence-corrected chi connectivity index (χ3v) is 2.24. The molecule has 0 aliphatic carbocycles. The summed E-state index contributed by atoms with van der Waals surface area (Å²) in [6.45, 7) is 1.37. The molecule has 0 heterocycles. The van der Waals surface area contributed by atoms with Crippen LogP contribution in [-0.4, -0.2) is 48.4 Å². The third-order valence-electron chi connectivity index (χ3n) is 2.24. The Balaban J connectivity index is 5.06. The van der Waals surface area contributed by atoms with Crippen molar-refractivity contribution >= 4 is 24.1 Å². The number of aliphatic carboxylic acids is 1. The zero-order valence-corrected chi connectivity index (χ0v) is 10.1. The van der Waals surface area contributed by atoms with Crippen molar-refractivity contribution < 1.29 is 29.0 Å². The number of nitrogens with two attached hydrogens (primary N) is 1. The molecule has 3 atom stereocenters. The van der Waals surface area contributed by atoms with Gasteiger partial charge in [0.15, 0.2) is 0 Å². The van der Waals surface area contributed by atoms with Gasteiger partial charge in [-0.3, -0.25) is 9.59 Å². The number of esters is 1. The molecule has 0 spiro atoms. The molecule has 4 N–H and O–H groups in total. The van der Waals surface area contributed by atoms with Gasteiger partial charge in [0.2, 0.25) is 5.91 Å². The molecule has 0 aromatic rings. The molecule has 0 fully saturated rings. The molecule has 1 amide bonds. The molecule has 0 aliphatic heterocycles. The number of hydrogen-bond acceptors (Lipinski definition) is 6. The zero-order valence-electron chi connectivity index (χ0n) is 10.1. The second-order valence-electron chi connectivity index (χ2n) is 3.65. The summed E-state index contributed by atoms with van der Waals surface area (Å²) in [5.74, 6) is -4.43. The first-order valence-corrected chi connectivity index (χ1v) is 5.15. The fraction of sp³-hybridized carbons (Fsp3) is 0.600. The lowest BCUT2D eigenvalue weighted by Crippen LogP contribution is -2.53. The van der Waals surface area contributed by atoms with E-state index in [1.807, 2.05) is 0 Å². The van der Waals surface area contributed by atoms with Crippen molar-refractivity contribution in [1.29, 1.82) is 0 Å². The Hall–Kier alpha value is -1.96. The minimum Gasteiger partial charge on any atom is -0.481 e. The van der Waals surface area contributed by atoms with E-state index in [0.29, 0.717) is 6.29 Å². The van der Waals surface area contributed by atoms with Crippen LogP contribution in [0.3, 0.4) is 0 Å². The van der Waals surface area contributed by atoms with Crippen molar-refractivity contribution in [3.8, 4) is 0 Å². The lowest BCUT2D eigenvalue weighted by atomic mass is 9.96. The standard InChI is InChI=1S/C10H16N2O6/c1-5(11)8(14)12-7(10(17)18-2)6(3-4-13)9(15)16/h4-7H,3,11H2,1-2H3,(H,12,14)(H,15,16)/t5-,6-,7+/m1/s1. The molecular weight excluding hydrogens is 244 g/mol. The fourth-order valence-corrected chi connectivity index (χ4v) is 1.22. The number of hydrogen-bond donors (Lipinski definition) is 3. The quantitative estimate of drug-likeness (QED) is 0.366. The van der Waals surface area contributed by atoms with Crippen LogP contribution in [0, 0.1) is 5.92 Å². The summed E-state index contributed by atoms with van der Waals surface area (Å²) in [5, 5.41) is 11.1. The average Bonchev–Trinajstić information content (AvgIpc) is 2.31. The van der Waals surface area contributed by atoms with Gasteiger partial charge < -0.3 is 25.7 Å². The van der Waals surface area contributed by atoms with Gasteiger partial charge in [-0.2, -0.15) is 0 Å². The lowest BCUT2D eigenvalue weighted by molar-refractivity contribution is -0.154. The number of carbonyl (C=O) groups excluding carboxylic acids is 3. The molecule has 0 saturated carbocycles. The second kappa shape index (κ2) is 7.38. The molecule has 18 heavy (non-hydrogen) atoms. The Morgan fingerprint density at radius 1 is 1.44 bits per heavy atom. The van der Waals surface area contributed by atoms with Crippen LogP contribution >= 0.6 is 0 Å². The van der Waals surface area contributed by atoms with E-state index in [4.69, 9.17) is 10.8 Å². The van der Waals surface area contributed by atoms with Gasteiger partial charge in [-0.1, -0.05) is 0 Å². The molecule has 0 radical (unpaired) electrons. The van der Waals surface area contributed by atoms with Crippen molar-refractivity contribution in [2.45, 2.75) is 25.4 Å². The molecule has 8 nitrogen and oxygen atoms in total. The Labute approximate surface area is 103 Å². The van der Waals surface area contributed by atoms with Crippen LogP contribution in [0.2, 0.25) is 0 Å². The van der Waals surface area contributed by atoms with Gasteiger partial charge in [-0.25, -0.2) is 4.79 Å². The third kappa shape index (κ3) is 4.50. The van der Waals surface area contributed by atoms with Gasteiger partial charge >= 0.3 is 11.9 Å². The predicted octanol–water partition coefficient (Wildman–Crippen LogP) is -1.72. The lowest BCUT2D eigenvalue weighted by Gasteiger charge is -2.22. The zero-order chi connectivity index (χ0) is 14.3. The van der Waals surface area contributed by atoms with Crippen LogP contribution in [0.25, 0.3) is 0 Å². The normalized spacial score (nSPS) is 15.1. The van der Waals surface area contributed by atoms with Gasteiger partial charge in [-0.15, -0.1) is 0 Å². The van der Waals surface area contributed by atoms with Crippen molar-refractivity contribution in [2.75, 3.05) is 7.11 Å². The van der Waals surface area contributed by atoms with E-state index in [9.17, 15) is 19.2 Å². The molecule has 0 rings (SSSR count). The number of carboxylic acids is 1. The number of rotatable bonds is 7. The molecule has 0 aromatic heterocycles. The van der Waals surface area contributed by atoms with Gasteiger partial charge in [0.05, 0.1) is 19.1 Å². The van der Waals surface area contributed by atoms with E-state index in [-0.39, 0.29) is 0 Å². The van der Waals surface area contributed by atoms with E-state index in [1.165, 1.54) is 6.92 Å². The number of aldehydes is 1. The summed E-state index contributed by atoms with van der Waals surface area (Å²) >= 11 is 0. The summed E-state index contributed by atoms with van der Waals surface area (Å²) < 4.78 is 4.40. The number of methoxy groups -OCH3 is 1. The van der Waals surface area contributed by atoms with E-state index in [0.717, 1.165) is 7.11 Å². The highest BCUT2D eigenvalue weighted by molar-refractivity contribution is 5.91. The topological polar surface area (TPSA) is 136 Å². The van der Waals surface area contributed by atoms with Crippen LogP contribution in [0.5, 0.6) is 0 Å². The largest absolute Gasteiger partial charge is 0.481 e. The van der Waals surface area contributed by atoms with Crippen LogP contribution in [0.1, 0.15) is 13.3 Å². The fourth-order valence-electron chi connectivity index (χ4n) is 1.22. The molecule has 8 heteroatoms. The number of nitrogens with one attached hydrogen (secondary N) is 1. The molecule has 0 saturated heterocycles. The van der Waals surface area contributed by atoms with Crippen LogP contribution < -0.4 is 11.1 Å². The van der Waals surface area contributed by atoms with Crippen LogP contribution in [0.4, 0.5) is 0 Å². The molecule has 0 aromatic carbocycles. The molecule has 0 bridgehead atoms. The van der Waals surface area contributed by atoms with Crippen LogP contribution in [-0.2, 0) is 23.9 Å². The maximum Gasteiger partial charge on any atom is 0.329 e. The number of ether oxygens (including phenoxy) is 1. The molecule has 0 aliphatic rings. The Kier molecular flexibility index (Phi) is 6.58. The number of carboxylic acid groups (broad SMARTS) is 1. The maximum absolute atomic E-state index is 11.4. The SMILES string of the molecule is COC(=O)[C@@H](NC(=O)[C@@H](C)N)[C@@H](CC=O)C(=O)O.